The first-order chi connectivity index (χ1) is 10.5. The molecule has 116 valence electrons. The van der Waals surface area contributed by atoms with Gasteiger partial charge < -0.3 is 19.4 Å². The maximum Gasteiger partial charge on any atom is 0.161 e. The second-order valence-corrected chi connectivity index (χ2v) is 5.34. The van der Waals surface area contributed by atoms with Crippen LogP contribution in [0.25, 0.3) is 0 Å². The van der Waals surface area contributed by atoms with Crippen LogP contribution in [0.4, 0.5) is 0 Å². The zero-order chi connectivity index (χ0) is 16.1. The maximum atomic E-state index is 10.6. The van der Waals surface area contributed by atoms with Crippen LogP contribution in [0.1, 0.15) is 11.1 Å². The second-order valence-electron chi connectivity index (χ2n) is 4.52. The van der Waals surface area contributed by atoms with Crippen LogP contribution < -0.4 is 14.6 Å². The molecule has 0 radical (unpaired) electrons. The van der Waals surface area contributed by atoms with E-state index in [4.69, 9.17) is 32.7 Å². The Labute approximate surface area is 138 Å². The van der Waals surface area contributed by atoms with Gasteiger partial charge in [-0.2, -0.15) is 0 Å². The summed E-state index contributed by atoms with van der Waals surface area (Å²) in [6, 6.07) is 10.1. The quantitative estimate of drug-likeness (QED) is 0.811. The van der Waals surface area contributed by atoms with E-state index < -0.39 is 5.97 Å². The summed E-state index contributed by atoms with van der Waals surface area (Å²) in [4.78, 5) is 10.6. The van der Waals surface area contributed by atoms with Crippen molar-refractivity contribution in [3.05, 3.63) is 57.6 Å². The molecule has 0 aliphatic heterocycles. The molecule has 0 aliphatic carbocycles. The van der Waals surface area contributed by atoms with Gasteiger partial charge in [0, 0.05) is 28.0 Å². The predicted octanol–water partition coefficient (Wildman–Crippen LogP) is 2.87. The molecule has 0 saturated heterocycles. The number of benzene rings is 2. The van der Waals surface area contributed by atoms with Crippen molar-refractivity contribution in [2.75, 3.05) is 7.11 Å². The molecule has 0 saturated carbocycles. The minimum atomic E-state index is -1.15. The third-order valence-corrected chi connectivity index (χ3v) is 3.72. The Morgan fingerprint density at radius 2 is 1.82 bits per heavy atom. The Morgan fingerprint density at radius 1 is 1.14 bits per heavy atom. The molecule has 0 heterocycles. The molecule has 0 atom stereocenters. The number of carbonyl (C=O) groups is 1. The molecule has 4 nitrogen and oxygen atoms in total. The van der Waals surface area contributed by atoms with Crippen LogP contribution in [0.2, 0.25) is 10.0 Å². The molecule has 0 spiro atoms. The van der Waals surface area contributed by atoms with Gasteiger partial charge in [0.2, 0.25) is 0 Å². The van der Waals surface area contributed by atoms with Gasteiger partial charge in [-0.25, -0.2) is 0 Å². The molecule has 0 aliphatic rings. The van der Waals surface area contributed by atoms with Crippen LogP contribution in [0.15, 0.2) is 36.4 Å². The Balaban J connectivity index is 2.17. The molecule has 2 aromatic rings. The summed E-state index contributed by atoms with van der Waals surface area (Å²) in [5.74, 6) is -0.249. The van der Waals surface area contributed by atoms with Gasteiger partial charge in [-0.05, 0) is 29.8 Å². The predicted molar refractivity (Wildman–Crippen MR) is 82.5 cm³/mol. The van der Waals surface area contributed by atoms with Crippen molar-refractivity contribution in [2.24, 2.45) is 0 Å². The third kappa shape index (κ3) is 4.06. The maximum absolute atomic E-state index is 10.6. The number of rotatable bonds is 6. The fraction of sp³-hybridized carbons (Fsp3) is 0.188. The van der Waals surface area contributed by atoms with Crippen molar-refractivity contribution in [2.45, 2.75) is 13.0 Å². The summed E-state index contributed by atoms with van der Waals surface area (Å²) in [5, 5.41) is 11.7. The lowest BCUT2D eigenvalue weighted by Crippen LogP contribution is -2.24. The SMILES string of the molecule is COc1cc(CC(=O)[O-])ccc1OCc1c(Cl)cccc1Cl. The minimum absolute atomic E-state index is 0.175. The monoisotopic (exact) mass is 339 g/mol. The zero-order valence-electron chi connectivity index (χ0n) is 11.8. The lowest BCUT2D eigenvalue weighted by atomic mass is 10.1. The van der Waals surface area contributed by atoms with Gasteiger partial charge in [0.25, 0.3) is 0 Å². The summed E-state index contributed by atoms with van der Waals surface area (Å²) in [6.45, 7) is 0.175. The van der Waals surface area contributed by atoms with Crippen LogP contribution in [0.3, 0.4) is 0 Å². The Bertz CT molecular complexity index is 666. The number of carboxylic acids is 1. The molecule has 2 aromatic carbocycles. The molecule has 0 fully saturated rings. The fourth-order valence-electron chi connectivity index (χ4n) is 1.93. The number of carboxylic acid groups (broad SMARTS) is 1. The van der Waals surface area contributed by atoms with Crippen molar-refractivity contribution in [1.29, 1.82) is 0 Å². The average Bonchev–Trinajstić information content (AvgIpc) is 2.47. The fourth-order valence-corrected chi connectivity index (χ4v) is 2.43. The molecule has 22 heavy (non-hydrogen) atoms. The number of hydrogen-bond acceptors (Lipinski definition) is 4. The van der Waals surface area contributed by atoms with Crippen LogP contribution >= 0.6 is 23.2 Å². The molecule has 0 aromatic heterocycles. The lowest BCUT2D eigenvalue weighted by molar-refractivity contribution is -0.304. The minimum Gasteiger partial charge on any atom is -0.550 e. The molecule has 0 bridgehead atoms. The molecule has 0 amide bonds. The lowest BCUT2D eigenvalue weighted by Gasteiger charge is -2.14. The first kappa shape index (κ1) is 16.5. The van der Waals surface area contributed by atoms with Gasteiger partial charge in [0.1, 0.15) is 6.61 Å². The summed E-state index contributed by atoms with van der Waals surface area (Å²) in [6.07, 6.45) is -0.188. The van der Waals surface area contributed by atoms with E-state index in [1.165, 1.54) is 7.11 Å². The Hall–Kier alpha value is -1.91. The molecule has 2 rings (SSSR count). The summed E-state index contributed by atoms with van der Waals surface area (Å²) >= 11 is 12.2. The molecule has 6 heteroatoms. The highest BCUT2D eigenvalue weighted by atomic mass is 35.5. The van der Waals surface area contributed by atoms with Crippen molar-refractivity contribution >= 4 is 29.2 Å². The van der Waals surface area contributed by atoms with Gasteiger partial charge in [-0.1, -0.05) is 35.3 Å². The van der Waals surface area contributed by atoms with Crippen molar-refractivity contribution in [3.63, 3.8) is 0 Å². The number of carbonyl (C=O) groups excluding carboxylic acids is 1. The first-order valence-corrected chi connectivity index (χ1v) is 7.19. The van der Waals surface area contributed by atoms with Crippen molar-refractivity contribution in [3.8, 4) is 11.5 Å². The van der Waals surface area contributed by atoms with Gasteiger partial charge in [-0.3, -0.25) is 0 Å². The first-order valence-electron chi connectivity index (χ1n) is 6.43. The van der Waals surface area contributed by atoms with E-state index in [2.05, 4.69) is 0 Å². The van der Waals surface area contributed by atoms with E-state index in [-0.39, 0.29) is 13.0 Å². The standard InChI is InChI=1S/C16H14Cl2O4/c1-21-15-7-10(8-16(19)20)5-6-14(15)22-9-11-12(17)3-2-4-13(11)18/h2-7H,8-9H2,1H3,(H,19,20)/p-1. The van der Waals surface area contributed by atoms with E-state index >= 15 is 0 Å². The van der Waals surface area contributed by atoms with E-state index in [0.29, 0.717) is 32.7 Å². The van der Waals surface area contributed by atoms with E-state index in [0.717, 1.165) is 0 Å². The topological polar surface area (TPSA) is 58.6 Å². The highest BCUT2D eigenvalue weighted by molar-refractivity contribution is 6.35. The Kier molecular flexibility index (Phi) is 5.52. The normalized spacial score (nSPS) is 10.3. The number of methoxy groups -OCH3 is 1. The number of halogens is 2. The van der Waals surface area contributed by atoms with Gasteiger partial charge in [0.05, 0.1) is 7.11 Å². The van der Waals surface area contributed by atoms with Crippen LogP contribution in [-0.2, 0) is 17.8 Å². The van der Waals surface area contributed by atoms with E-state index in [1.807, 2.05) is 0 Å². The van der Waals surface area contributed by atoms with Crippen molar-refractivity contribution < 1.29 is 19.4 Å². The smallest absolute Gasteiger partial charge is 0.161 e. The van der Waals surface area contributed by atoms with E-state index in [9.17, 15) is 9.90 Å². The molecular weight excluding hydrogens is 327 g/mol. The molecule has 0 unspecified atom stereocenters. The summed E-state index contributed by atoms with van der Waals surface area (Å²) in [7, 11) is 1.48. The Morgan fingerprint density at radius 3 is 2.41 bits per heavy atom. The van der Waals surface area contributed by atoms with Crippen molar-refractivity contribution in [1.82, 2.24) is 0 Å². The highest BCUT2D eigenvalue weighted by Gasteiger charge is 2.10. The second kappa shape index (κ2) is 7.38. The zero-order valence-corrected chi connectivity index (χ0v) is 13.3. The number of ether oxygens (including phenoxy) is 2. The van der Waals surface area contributed by atoms with Gasteiger partial charge >= 0.3 is 0 Å². The van der Waals surface area contributed by atoms with Crippen LogP contribution in [0.5, 0.6) is 11.5 Å². The van der Waals surface area contributed by atoms with Gasteiger partial charge in [-0.15, -0.1) is 0 Å². The van der Waals surface area contributed by atoms with Gasteiger partial charge in [0.15, 0.2) is 11.5 Å². The van der Waals surface area contributed by atoms with Crippen LogP contribution in [0, 0.1) is 0 Å². The largest absolute Gasteiger partial charge is 0.550 e. The number of aliphatic carboxylic acids is 1. The summed E-state index contributed by atoms with van der Waals surface area (Å²) in [5.41, 5.74) is 1.24. The van der Waals surface area contributed by atoms with Crippen LogP contribution in [-0.4, -0.2) is 13.1 Å². The third-order valence-electron chi connectivity index (χ3n) is 3.01. The highest BCUT2D eigenvalue weighted by Crippen LogP contribution is 2.31. The molecule has 0 N–H and O–H groups in total. The average molecular weight is 340 g/mol. The number of hydrogen-bond donors (Lipinski definition) is 0. The molecular formula is C16H13Cl2O4-. The van der Waals surface area contributed by atoms with E-state index in [1.54, 1.807) is 36.4 Å². The summed E-state index contributed by atoms with van der Waals surface area (Å²) < 4.78 is 10.9.